The van der Waals surface area contributed by atoms with Gasteiger partial charge in [0.15, 0.2) is 11.5 Å². The molecule has 6 rings (SSSR count). The fraction of sp³-hybridized carbons (Fsp3) is 0.323. The van der Waals surface area contributed by atoms with Crippen molar-refractivity contribution >= 4 is 22.8 Å². The Morgan fingerprint density at radius 2 is 1.81 bits per heavy atom. The second-order valence-corrected chi connectivity index (χ2v) is 11.0. The first kappa shape index (κ1) is 27.5. The van der Waals surface area contributed by atoms with E-state index in [1.54, 1.807) is 18.3 Å². The molecule has 1 fully saturated rings. The fourth-order valence-electron chi connectivity index (χ4n) is 5.93. The van der Waals surface area contributed by atoms with Crippen molar-refractivity contribution in [2.45, 2.75) is 45.6 Å². The number of aryl methyl sites for hydroxylation is 1. The molecule has 11 heteroatoms. The molecule has 1 aromatic carbocycles. The molecule has 1 saturated heterocycles. The Balaban J connectivity index is 1.56. The van der Waals surface area contributed by atoms with Crippen molar-refractivity contribution in [3.05, 3.63) is 82.1 Å². The second-order valence-electron chi connectivity index (χ2n) is 11.0. The van der Waals surface area contributed by atoms with E-state index in [0.29, 0.717) is 43.9 Å². The lowest BCUT2D eigenvalue weighted by atomic mass is 10.0. The van der Waals surface area contributed by atoms with Gasteiger partial charge in [-0.2, -0.15) is 4.98 Å². The van der Waals surface area contributed by atoms with Gasteiger partial charge in [-0.15, -0.1) is 0 Å². The largest absolute Gasteiger partial charge is 0.507 e. The first-order valence-corrected chi connectivity index (χ1v) is 13.9. The molecule has 0 atom stereocenters. The summed E-state index contributed by atoms with van der Waals surface area (Å²) in [5, 5.41) is 10.7. The third-order valence-electron chi connectivity index (χ3n) is 8.01. The number of benzene rings is 1. The number of carbonyl (C=O) groups is 1. The maximum absolute atomic E-state index is 15.8. The molecule has 3 aromatic heterocycles. The van der Waals surface area contributed by atoms with E-state index in [-0.39, 0.29) is 34.7 Å². The van der Waals surface area contributed by atoms with E-state index in [4.69, 9.17) is 0 Å². The van der Waals surface area contributed by atoms with Crippen LogP contribution >= 0.6 is 0 Å². The lowest BCUT2D eigenvalue weighted by Crippen LogP contribution is -2.46. The molecule has 216 valence electrons. The number of rotatable bonds is 5. The molecule has 0 spiro atoms. The molecular formula is C31H30F2N6O3. The number of aromatic nitrogens is 4. The minimum atomic E-state index is -0.869. The van der Waals surface area contributed by atoms with Crippen LogP contribution < -0.4 is 10.6 Å². The standard InChI is InChI=1S/C31H30F2N6O3/c1-17(2)26-28(18(3)9-12-34-26)39-30-20(16-22(33)27(35-30)25-21(32)6-4-7-23(25)40)29(36-31(39)42)37-14-10-19(11-15-37)38-13-5-8-24(38)41/h4-9,12,16-17,19,40H,10-11,13-15H2,1-3H3. The van der Waals surface area contributed by atoms with Crippen LogP contribution in [0, 0.1) is 18.6 Å². The van der Waals surface area contributed by atoms with Crippen molar-refractivity contribution in [3.8, 4) is 22.7 Å². The van der Waals surface area contributed by atoms with Crippen LogP contribution in [-0.4, -0.2) is 61.1 Å². The summed E-state index contributed by atoms with van der Waals surface area (Å²) in [4.78, 5) is 43.3. The third-order valence-corrected chi connectivity index (χ3v) is 8.01. The van der Waals surface area contributed by atoms with Crippen LogP contribution in [0.1, 0.15) is 43.9 Å². The predicted octanol–water partition coefficient (Wildman–Crippen LogP) is 4.63. The number of fused-ring (bicyclic) bond motifs is 1. The Labute approximate surface area is 240 Å². The van der Waals surface area contributed by atoms with Gasteiger partial charge in [0.2, 0.25) is 5.91 Å². The number of halogens is 2. The summed E-state index contributed by atoms with van der Waals surface area (Å²) in [5.74, 6) is -2.01. The first-order valence-electron chi connectivity index (χ1n) is 13.9. The van der Waals surface area contributed by atoms with Crippen LogP contribution in [-0.2, 0) is 4.79 Å². The van der Waals surface area contributed by atoms with Gasteiger partial charge in [-0.05, 0) is 55.5 Å². The SMILES string of the molecule is Cc1ccnc(C(C)C)c1-n1c(=O)nc(N2CCC(N3CC=CC3=O)CC2)c2cc(F)c(-c3c(O)cccc3F)nc21. The molecule has 1 amide bonds. The average Bonchev–Trinajstić information content (AvgIpc) is 3.39. The third kappa shape index (κ3) is 4.58. The van der Waals surface area contributed by atoms with E-state index >= 15 is 4.39 Å². The molecule has 42 heavy (non-hydrogen) atoms. The second kappa shape index (κ2) is 10.6. The number of hydrogen-bond acceptors (Lipinski definition) is 7. The number of piperidine rings is 1. The van der Waals surface area contributed by atoms with Crippen molar-refractivity contribution in [1.29, 1.82) is 0 Å². The minimum absolute atomic E-state index is 0.0115. The Kier molecular flexibility index (Phi) is 6.96. The van der Waals surface area contributed by atoms with Gasteiger partial charge in [0, 0.05) is 37.9 Å². The molecule has 9 nitrogen and oxygen atoms in total. The van der Waals surface area contributed by atoms with Crippen molar-refractivity contribution < 1.29 is 18.7 Å². The van der Waals surface area contributed by atoms with E-state index in [2.05, 4.69) is 15.0 Å². The van der Waals surface area contributed by atoms with Crippen molar-refractivity contribution in [2.24, 2.45) is 0 Å². The molecule has 4 aromatic rings. The Hall–Kier alpha value is -4.67. The highest BCUT2D eigenvalue weighted by Crippen LogP contribution is 2.37. The number of phenols is 1. The molecule has 2 aliphatic heterocycles. The summed E-state index contributed by atoms with van der Waals surface area (Å²) in [6.07, 6.45) is 6.37. The maximum atomic E-state index is 15.8. The molecule has 2 aliphatic rings. The normalized spacial score (nSPS) is 15.9. The molecular weight excluding hydrogens is 542 g/mol. The van der Waals surface area contributed by atoms with Crippen LogP contribution in [0.2, 0.25) is 0 Å². The van der Waals surface area contributed by atoms with Crippen LogP contribution in [0.15, 0.2) is 53.5 Å². The Morgan fingerprint density at radius 3 is 2.48 bits per heavy atom. The Morgan fingerprint density at radius 1 is 1.05 bits per heavy atom. The van der Waals surface area contributed by atoms with Gasteiger partial charge in [0.25, 0.3) is 0 Å². The first-order chi connectivity index (χ1) is 20.2. The summed E-state index contributed by atoms with van der Waals surface area (Å²) in [5.41, 5.74) is 0.447. The van der Waals surface area contributed by atoms with Gasteiger partial charge in [-0.1, -0.05) is 26.0 Å². The number of pyridine rings is 2. The number of nitrogens with zero attached hydrogens (tertiary/aromatic N) is 6. The number of anilines is 1. The van der Waals surface area contributed by atoms with Crippen LogP contribution in [0.3, 0.4) is 0 Å². The number of aromatic hydroxyl groups is 1. The van der Waals surface area contributed by atoms with Gasteiger partial charge in [0.1, 0.15) is 23.1 Å². The van der Waals surface area contributed by atoms with E-state index in [0.717, 1.165) is 11.6 Å². The fourth-order valence-corrected chi connectivity index (χ4v) is 5.93. The van der Waals surface area contributed by atoms with Crippen molar-refractivity contribution in [3.63, 3.8) is 0 Å². The summed E-state index contributed by atoms with van der Waals surface area (Å²) in [6.45, 7) is 7.27. The summed E-state index contributed by atoms with van der Waals surface area (Å²) in [6, 6.07) is 6.68. The summed E-state index contributed by atoms with van der Waals surface area (Å²) >= 11 is 0. The number of phenolic OH excluding ortho intramolecular Hbond substituents is 1. The van der Waals surface area contributed by atoms with Crippen molar-refractivity contribution in [1.82, 2.24) is 24.4 Å². The zero-order chi connectivity index (χ0) is 29.7. The molecule has 0 unspecified atom stereocenters. The highest BCUT2D eigenvalue weighted by molar-refractivity contribution is 5.91. The van der Waals surface area contributed by atoms with E-state index in [1.165, 1.54) is 22.8 Å². The topological polar surface area (TPSA) is 104 Å². The van der Waals surface area contributed by atoms with Crippen LogP contribution in [0.5, 0.6) is 5.75 Å². The molecule has 0 bridgehead atoms. The molecule has 1 N–H and O–H groups in total. The van der Waals surface area contributed by atoms with Gasteiger partial charge >= 0.3 is 5.69 Å². The smallest absolute Gasteiger partial charge is 0.355 e. The molecule has 0 aliphatic carbocycles. The lowest BCUT2D eigenvalue weighted by molar-refractivity contribution is -0.126. The minimum Gasteiger partial charge on any atom is -0.507 e. The van der Waals surface area contributed by atoms with Crippen LogP contribution in [0.25, 0.3) is 28.0 Å². The number of amides is 1. The molecule has 5 heterocycles. The monoisotopic (exact) mass is 572 g/mol. The average molecular weight is 573 g/mol. The molecule has 0 saturated carbocycles. The zero-order valence-electron chi connectivity index (χ0n) is 23.5. The van der Waals surface area contributed by atoms with Crippen LogP contribution in [0.4, 0.5) is 14.6 Å². The quantitative estimate of drug-likeness (QED) is 0.372. The summed E-state index contributed by atoms with van der Waals surface area (Å²) in [7, 11) is 0. The highest BCUT2D eigenvalue weighted by atomic mass is 19.1. The lowest BCUT2D eigenvalue weighted by Gasteiger charge is -2.37. The van der Waals surface area contributed by atoms with Gasteiger partial charge in [0.05, 0.1) is 22.3 Å². The van der Waals surface area contributed by atoms with Crippen molar-refractivity contribution in [2.75, 3.05) is 24.5 Å². The number of hydrogen-bond donors (Lipinski definition) is 1. The van der Waals surface area contributed by atoms with Gasteiger partial charge in [-0.25, -0.2) is 23.1 Å². The van der Waals surface area contributed by atoms with Gasteiger partial charge in [-0.3, -0.25) is 9.78 Å². The zero-order valence-corrected chi connectivity index (χ0v) is 23.5. The summed E-state index contributed by atoms with van der Waals surface area (Å²) < 4.78 is 32.0. The van der Waals surface area contributed by atoms with E-state index in [1.807, 2.05) is 36.6 Å². The van der Waals surface area contributed by atoms with E-state index in [9.17, 15) is 19.1 Å². The predicted molar refractivity (Wildman–Crippen MR) is 155 cm³/mol. The highest BCUT2D eigenvalue weighted by Gasteiger charge is 2.31. The number of carbonyl (C=O) groups excluding carboxylic acids is 1. The van der Waals surface area contributed by atoms with Gasteiger partial charge < -0.3 is 14.9 Å². The van der Waals surface area contributed by atoms with E-state index < -0.39 is 34.3 Å². The molecule has 0 radical (unpaired) electrons. The Bertz CT molecular complexity index is 1790. The maximum Gasteiger partial charge on any atom is 0.355 e.